The Morgan fingerprint density at radius 3 is 2.18 bits per heavy atom. The fraction of sp³-hybridized carbons (Fsp3) is 0.368. The third kappa shape index (κ3) is 6.15. The number of anilines is 1. The first-order chi connectivity index (χ1) is 13.0. The van der Waals surface area contributed by atoms with Crippen molar-refractivity contribution in [3.63, 3.8) is 0 Å². The Hall–Kier alpha value is -2.23. The second-order valence-electron chi connectivity index (χ2n) is 7.30. The molecule has 0 aliphatic carbocycles. The normalized spacial score (nSPS) is 11.9. The Balaban J connectivity index is 1.82. The molecule has 2 aromatic rings. The molecule has 28 heavy (non-hydrogen) atoms. The largest absolute Gasteiger partial charge is 0.351 e. The molecule has 0 fully saturated rings. The Labute approximate surface area is 169 Å². The molecule has 3 N–H and O–H groups in total. The van der Waals surface area contributed by atoms with E-state index in [0.29, 0.717) is 11.3 Å². The van der Waals surface area contributed by atoms with Crippen LogP contribution in [0.3, 0.4) is 0 Å². The summed E-state index contributed by atoms with van der Waals surface area (Å²) in [5.74, 6) is -0.433. The van der Waals surface area contributed by atoms with E-state index < -0.39 is 15.4 Å². The van der Waals surface area contributed by atoms with E-state index in [0.717, 1.165) is 4.88 Å². The monoisotopic (exact) mass is 423 g/mol. The van der Waals surface area contributed by atoms with Crippen LogP contribution >= 0.6 is 11.3 Å². The van der Waals surface area contributed by atoms with Gasteiger partial charge in [0.2, 0.25) is 15.9 Å². The van der Waals surface area contributed by atoms with Crippen molar-refractivity contribution >= 4 is 38.9 Å². The lowest BCUT2D eigenvalue weighted by Gasteiger charge is -2.17. The Morgan fingerprint density at radius 2 is 1.64 bits per heavy atom. The van der Waals surface area contributed by atoms with Gasteiger partial charge in [-0.3, -0.25) is 9.59 Å². The van der Waals surface area contributed by atoms with E-state index in [4.69, 9.17) is 0 Å². The molecule has 0 bridgehead atoms. The summed E-state index contributed by atoms with van der Waals surface area (Å²) in [7, 11) is -3.55. The summed E-state index contributed by atoms with van der Waals surface area (Å²) in [5, 5.41) is 5.45. The van der Waals surface area contributed by atoms with Gasteiger partial charge in [0.25, 0.3) is 5.91 Å². The number of thiophene rings is 1. The average molecular weight is 424 g/mol. The minimum Gasteiger partial charge on any atom is -0.351 e. The van der Waals surface area contributed by atoms with E-state index in [1.807, 2.05) is 27.7 Å². The molecule has 0 radical (unpaired) electrons. The van der Waals surface area contributed by atoms with E-state index >= 15 is 0 Å². The number of nitrogens with one attached hydrogen (secondary N) is 3. The quantitative estimate of drug-likeness (QED) is 0.596. The van der Waals surface area contributed by atoms with E-state index in [9.17, 15) is 18.0 Å². The minimum atomic E-state index is -3.55. The van der Waals surface area contributed by atoms with Gasteiger partial charge in [-0.15, -0.1) is 11.3 Å². The molecule has 0 aliphatic rings. The number of carbonyl (C=O) groups excluding carboxylic acids is 2. The summed E-state index contributed by atoms with van der Waals surface area (Å²) in [6, 6.07) is 9.81. The van der Waals surface area contributed by atoms with Crippen LogP contribution in [0.5, 0.6) is 0 Å². The van der Waals surface area contributed by atoms with Crippen molar-refractivity contribution in [3.8, 4) is 0 Å². The molecule has 9 heteroatoms. The van der Waals surface area contributed by atoms with E-state index in [1.54, 1.807) is 36.4 Å². The van der Waals surface area contributed by atoms with Crippen molar-refractivity contribution in [1.29, 1.82) is 0 Å². The summed E-state index contributed by atoms with van der Waals surface area (Å²) in [6.45, 7) is 7.54. The lowest BCUT2D eigenvalue weighted by molar-refractivity contribution is -0.123. The number of sulfonamides is 1. The molecule has 1 aromatic heterocycles. The van der Waals surface area contributed by atoms with Crippen LogP contribution in [-0.4, -0.2) is 33.3 Å². The highest BCUT2D eigenvalue weighted by Crippen LogP contribution is 2.20. The van der Waals surface area contributed by atoms with Gasteiger partial charge < -0.3 is 10.6 Å². The Bertz CT molecular complexity index is 942. The number of aryl methyl sites for hydroxylation is 1. The summed E-state index contributed by atoms with van der Waals surface area (Å²) in [6.07, 6.45) is 0. The van der Waals surface area contributed by atoms with Gasteiger partial charge >= 0.3 is 0 Å². The predicted molar refractivity (Wildman–Crippen MR) is 111 cm³/mol. The van der Waals surface area contributed by atoms with Gasteiger partial charge in [0, 0.05) is 34.6 Å². The first-order valence-electron chi connectivity index (χ1n) is 8.75. The molecule has 0 spiro atoms. The summed E-state index contributed by atoms with van der Waals surface area (Å²) in [5.41, 5.74) is 0.520. The van der Waals surface area contributed by atoms with Gasteiger partial charge in [0.15, 0.2) is 0 Å². The zero-order valence-electron chi connectivity index (χ0n) is 16.3. The van der Waals surface area contributed by atoms with E-state index in [-0.39, 0.29) is 29.1 Å². The first-order valence-corrected chi connectivity index (χ1v) is 11.0. The highest BCUT2D eigenvalue weighted by atomic mass is 32.2. The average Bonchev–Trinajstić information content (AvgIpc) is 3.06. The second kappa shape index (κ2) is 8.85. The van der Waals surface area contributed by atoms with Gasteiger partial charge in [-0.1, -0.05) is 20.8 Å². The zero-order valence-corrected chi connectivity index (χ0v) is 18.0. The van der Waals surface area contributed by atoms with Crippen LogP contribution in [0.25, 0.3) is 0 Å². The Kier molecular flexibility index (Phi) is 6.97. The molecular weight excluding hydrogens is 398 g/mol. The fourth-order valence-electron chi connectivity index (χ4n) is 2.11. The molecule has 7 nitrogen and oxygen atoms in total. The lowest BCUT2D eigenvalue weighted by Crippen LogP contribution is -2.34. The highest BCUT2D eigenvalue weighted by Gasteiger charge is 2.21. The molecule has 0 aliphatic heterocycles. The van der Waals surface area contributed by atoms with Gasteiger partial charge in [-0.2, -0.15) is 0 Å². The van der Waals surface area contributed by atoms with Crippen molar-refractivity contribution in [1.82, 2.24) is 10.0 Å². The number of rotatable bonds is 7. The molecule has 0 unspecified atom stereocenters. The molecule has 1 aromatic carbocycles. The van der Waals surface area contributed by atoms with Crippen molar-refractivity contribution in [2.75, 3.05) is 18.4 Å². The van der Waals surface area contributed by atoms with Crippen LogP contribution in [-0.2, 0) is 14.8 Å². The van der Waals surface area contributed by atoms with E-state index in [1.165, 1.54) is 11.3 Å². The SMILES string of the molecule is Cc1ccc(S(=O)(=O)NCCNC(=O)c2ccc(NC(=O)C(C)(C)C)cc2)s1. The topological polar surface area (TPSA) is 104 Å². The van der Waals surface area contributed by atoms with Gasteiger partial charge in [0.05, 0.1) is 0 Å². The van der Waals surface area contributed by atoms with Crippen LogP contribution < -0.4 is 15.4 Å². The van der Waals surface area contributed by atoms with Crippen molar-refractivity contribution in [3.05, 3.63) is 46.8 Å². The maximum absolute atomic E-state index is 12.2. The maximum atomic E-state index is 12.2. The van der Waals surface area contributed by atoms with Gasteiger partial charge in [0.1, 0.15) is 4.21 Å². The molecule has 0 saturated heterocycles. The van der Waals surface area contributed by atoms with Crippen LogP contribution in [0.15, 0.2) is 40.6 Å². The number of benzene rings is 1. The van der Waals surface area contributed by atoms with Crippen LogP contribution in [0.1, 0.15) is 36.0 Å². The smallest absolute Gasteiger partial charge is 0.251 e. The van der Waals surface area contributed by atoms with E-state index in [2.05, 4.69) is 15.4 Å². The maximum Gasteiger partial charge on any atom is 0.251 e. The van der Waals surface area contributed by atoms with Crippen LogP contribution in [0, 0.1) is 12.3 Å². The fourth-order valence-corrected chi connectivity index (χ4v) is 4.47. The number of carbonyl (C=O) groups is 2. The van der Waals surface area contributed by atoms with Crippen LogP contribution in [0.2, 0.25) is 0 Å². The number of hydrogen-bond donors (Lipinski definition) is 3. The predicted octanol–water partition coefficient (Wildman–Crippen LogP) is 2.75. The third-order valence-electron chi connectivity index (χ3n) is 3.77. The minimum absolute atomic E-state index is 0.0880. The summed E-state index contributed by atoms with van der Waals surface area (Å²) < 4.78 is 26.9. The van der Waals surface area contributed by atoms with Gasteiger partial charge in [-0.05, 0) is 43.3 Å². The standard InChI is InChI=1S/C19H25N3O4S2/c1-13-5-10-16(27-13)28(25,26)21-12-11-20-17(23)14-6-8-15(9-7-14)22-18(24)19(2,3)4/h5-10,21H,11-12H2,1-4H3,(H,20,23)(H,22,24). The third-order valence-corrected chi connectivity index (χ3v) is 6.72. The van der Waals surface area contributed by atoms with Crippen molar-refractivity contribution in [2.24, 2.45) is 5.41 Å². The molecule has 0 saturated carbocycles. The molecule has 0 atom stereocenters. The molecule has 2 rings (SSSR count). The number of amides is 2. The lowest BCUT2D eigenvalue weighted by atomic mass is 9.95. The highest BCUT2D eigenvalue weighted by molar-refractivity contribution is 7.91. The van der Waals surface area contributed by atoms with Crippen LogP contribution in [0.4, 0.5) is 5.69 Å². The van der Waals surface area contributed by atoms with Crippen molar-refractivity contribution < 1.29 is 18.0 Å². The number of hydrogen-bond acceptors (Lipinski definition) is 5. The Morgan fingerprint density at radius 1 is 1.00 bits per heavy atom. The molecule has 1 heterocycles. The van der Waals surface area contributed by atoms with Gasteiger partial charge in [-0.25, -0.2) is 13.1 Å². The molecular formula is C19H25N3O4S2. The molecule has 2 amide bonds. The zero-order chi connectivity index (χ0) is 20.9. The summed E-state index contributed by atoms with van der Waals surface area (Å²) >= 11 is 1.19. The van der Waals surface area contributed by atoms with Crippen molar-refractivity contribution in [2.45, 2.75) is 31.9 Å². The second-order valence-corrected chi connectivity index (χ2v) is 10.6. The summed E-state index contributed by atoms with van der Waals surface area (Å²) in [4.78, 5) is 25.0. The molecule has 152 valence electrons. The first kappa shape index (κ1) is 22.1.